The van der Waals surface area contributed by atoms with Gasteiger partial charge in [0.2, 0.25) is 5.91 Å². The van der Waals surface area contributed by atoms with E-state index in [1.54, 1.807) is 17.1 Å². The highest BCUT2D eigenvalue weighted by Crippen LogP contribution is 2.21. The summed E-state index contributed by atoms with van der Waals surface area (Å²) in [6.45, 7) is 2.02. The van der Waals surface area contributed by atoms with Gasteiger partial charge >= 0.3 is 0 Å². The van der Waals surface area contributed by atoms with Crippen molar-refractivity contribution in [1.82, 2.24) is 14.8 Å². The third-order valence-electron chi connectivity index (χ3n) is 4.42. The van der Waals surface area contributed by atoms with E-state index in [0.717, 1.165) is 27.9 Å². The van der Waals surface area contributed by atoms with E-state index >= 15 is 0 Å². The highest BCUT2D eigenvalue weighted by molar-refractivity contribution is 5.92. The molecule has 0 fully saturated rings. The van der Waals surface area contributed by atoms with Gasteiger partial charge < -0.3 is 5.32 Å². The molecule has 28 heavy (non-hydrogen) atoms. The molecule has 0 aliphatic rings. The van der Waals surface area contributed by atoms with Crippen LogP contribution in [0.5, 0.6) is 0 Å². The normalized spacial score (nSPS) is 10.6. The molecular weight excluding hydrogens is 348 g/mol. The molecule has 2 aromatic heterocycles. The molecule has 0 saturated carbocycles. The molecule has 0 atom stereocenters. The number of anilines is 1. The standard InChI is InChI=1S/C23H20N4O/c1-17-5-2-6-18(11-17)12-23(28)26-21-15-25-27(16-21)22-9-3-7-19(13-22)20-8-4-10-24-14-20/h2-11,13-16H,12H2,1H3,(H,26,28). The Hall–Kier alpha value is -3.73. The summed E-state index contributed by atoms with van der Waals surface area (Å²) in [5, 5.41) is 7.30. The number of rotatable bonds is 5. The maximum Gasteiger partial charge on any atom is 0.228 e. The zero-order valence-electron chi connectivity index (χ0n) is 15.5. The molecule has 0 radical (unpaired) electrons. The fraction of sp³-hybridized carbons (Fsp3) is 0.0870. The quantitative estimate of drug-likeness (QED) is 0.567. The van der Waals surface area contributed by atoms with Gasteiger partial charge in [0.1, 0.15) is 0 Å². The number of benzene rings is 2. The zero-order chi connectivity index (χ0) is 19.3. The average Bonchev–Trinajstić information content (AvgIpc) is 3.17. The molecule has 4 rings (SSSR count). The number of hydrogen-bond acceptors (Lipinski definition) is 3. The number of nitrogens with zero attached hydrogens (tertiary/aromatic N) is 3. The Morgan fingerprint density at radius 2 is 1.86 bits per heavy atom. The monoisotopic (exact) mass is 368 g/mol. The molecule has 0 saturated heterocycles. The second-order valence-corrected chi connectivity index (χ2v) is 6.68. The molecule has 0 bridgehead atoms. The van der Waals surface area contributed by atoms with Crippen LogP contribution in [0.3, 0.4) is 0 Å². The van der Waals surface area contributed by atoms with E-state index in [2.05, 4.69) is 15.4 Å². The van der Waals surface area contributed by atoms with E-state index in [9.17, 15) is 4.79 Å². The predicted octanol–water partition coefficient (Wildman–Crippen LogP) is 4.42. The van der Waals surface area contributed by atoms with Gasteiger partial charge in [-0.15, -0.1) is 0 Å². The van der Waals surface area contributed by atoms with Gasteiger partial charge in [0.15, 0.2) is 0 Å². The van der Waals surface area contributed by atoms with Crippen molar-refractivity contribution in [2.24, 2.45) is 0 Å². The summed E-state index contributed by atoms with van der Waals surface area (Å²) < 4.78 is 1.75. The van der Waals surface area contributed by atoms with E-state index in [0.29, 0.717) is 12.1 Å². The molecule has 5 heteroatoms. The van der Waals surface area contributed by atoms with Gasteiger partial charge in [-0.25, -0.2) is 4.68 Å². The zero-order valence-corrected chi connectivity index (χ0v) is 15.5. The lowest BCUT2D eigenvalue weighted by molar-refractivity contribution is -0.115. The van der Waals surface area contributed by atoms with Crippen molar-refractivity contribution < 1.29 is 4.79 Å². The van der Waals surface area contributed by atoms with Crippen LogP contribution in [0.25, 0.3) is 16.8 Å². The van der Waals surface area contributed by atoms with Gasteiger partial charge in [-0.1, -0.05) is 48.0 Å². The summed E-state index contributed by atoms with van der Waals surface area (Å²) >= 11 is 0. The summed E-state index contributed by atoms with van der Waals surface area (Å²) in [6, 6.07) is 19.9. The maximum absolute atomic E-state index is 12.3. The number of aromatic nitrogens is 3. The Labute approximate surface area is 163 Å². The number of carbonyl (C=O) groups is 1. The third kappa shape index (κ3) is 4.15. The second-order valence-electron chi connectivity index (χ2n) is 6.68. The van der Waals surface area contributed by atoms with Gasteiger partial charge in [0.25, 0.3) is 0 Å². The van der Waals surface area contributed by atoms with Crippen LogP contribution >= 0.6 is 0 Å². The Morgan fingerprint density at radius 3 is 2.68 bits per heavy atom. The van der Waals surface area contributed by atoms with Gasteiger partial charge in [0.05, 0.1) is 30.2 Å². The van der Waals surface area contributed by atoms with Crippen molar-refractivity contribution in [3.63, 3.8) is 0 Å². The van der Waals surface area contributed by atoms with Crippen molar-refractivity contribution in [3.05, 3.63) is 96.6 Å². The predicted molar refractivity (Wildman–Crippen MR) is 110 cm³/mol. The SMILES string of the molecule is Cc1cccc(CC(=O)Nc2cnn(-c3cccc(-c4cccnc4)c3)c2)c1. The lowest BCUT2D eigenvalue weighted by atomic mass is 10.1. The molecule has 1 N–H and O–H groups in total. The van der Waals surface area contributed by atoms with Gasteiger partial charge in [-0.3, -0.25) is 9.78 Å². The Kier molecular flexibility index (Phi) is 4.97. The fourth-order valence-electron chi connectivity index (χ4n) is 3.10. The molecule has 138 valence electrons. The number of hydrogen-bond donors (Lipinski definition) is 1. The molecule has 0 unspecified atom stereocenters. The minimum absolute atomic E-state index is 0.0609. The van der Waals surface area contributed by atoms with E-state index in [4.69, 9.17) is 0 Å². The van der Waals surface area contributed by atoms with Crippen molar-refractivity contribution in [3.8, 4) is 16.8 Å². The van der Waals surface area contributed by atoms with Crippen LogP contribution < -0.4 is 5.32 Å². The van der Waals surface area contributed by atoms with Crippen LogP contribution in [-0.2, 0) is 11.2 Å². The molecule has 4 aromatic rings. The minimum atomic E-state index is -0.0609. The van der Waals surface area contributed by atoms with Crippen LogP contribution in [0.15, 0.2) is 85.5 Å². The fourth-order valence-corrected chi connectivity index (χ4v) is 3.10. The average molecular weight is 368 g/mol. The number of pyridine rings is 1. The summed E-state index contributed by atoms with van der Waals surface area (Å²) in [6.07, 6.45) is 7.40. The highest BCUT2D eigenvalue weighted by Gasteiger charge is 2.08. The number of amides is 1. The third-order valence-corrected chi connectivity index (χ3v) is 4.42. The Balaban J connectivity index is 1.48. The summed E-state index contributed by atoms with van der Waals surface area (Å²) in [5.74, 6) is -0.0609. The Morgan fingerprint density at radius 1 is 1.00 bits per heavy atom. The van der Waals surface area contributed by atoms with Crippen LogP contribution in [0.2, 0.25) is 0 Å². The van der Waals surface area contributed by atoms with Crippen molar-refractivity contribution in [2.75, 3.05) is 5.32 Å². The smallest absolute Gasteiger partial charge is 0.228 e. The van der Waals surface area contributed by atoms with Crippen molar-refractivity contribution >= 4 is 11.6 Å². The second kappa shape index (κ2) is 7.88. The number of carbonyl (C=O) groups excluding carboxylic acids is 1. The lowest BCUT2D eigenvalue weighted by Gasteiger charge is -2.06. The van der Waals surface area contributed by atoms with E-state index in [1.807, 2.05) is 80.0 Å². The van der Waals surface area contributed by atoms with Crippen LogP contribution in [0.1, 0.15) is 11.1 Å². The molecule has 2 aromatic carbocycles. The lowest BCUT2D eigenvalue weighted by Crippen LogP contribution is -2.14. The van der Waals surface area contributed by atoms with Crippen molar-refractivity contribution in [2.45, 2.75) is 13.3 Å². The summed E-state index contributed by atoms with van der Waals surface area (Å²) in [4.78, 5) is 16.5. The highest BCUT2D eigenvalue weighted by atomic mass is 16.1. The maximum atomic E-state index is 12.3. The van der Waals surface area contributed by atoms with Gasteiger partial charge in [-0.2, -0.15) is 5.10 Å². The van der Waals surface area contributed by atoms with Gasteiger partial charge in [0, 0.05) is 18.0 Å². The molecule has 0 aliphatic heterocycles. The first-order valence-corrected chi connectivity index (χ1v) is 9.08. The number of aryl methyl sites for hydroxylation is 1. The van der Waals surface area contributed by atoms with E-state index < -0.39 is 0 Å². The molecule has 1 amide bonds. The topological polar surface area (TPSA) is 59.8 Å². The Bertz CT molecular complexity index is 1100. The summed E-state index contributed by atoms with van der Waals surface area (Å²) in [7, 11) is 0. The van der Waals surface area contributed by atoms with Crippen LogP contribution in [0, 0.1) is 6.92 Å². The molecule has 2 heterocycles. The van der Waals surface area contributed by atoms with Crippen LogP contribution in [0.4, 0.5) is 5.69 Å². The summed E-state index contributed by atoms with van der Waals surface area (Å²) in [5.41, 5.74) is 5.83. The van der Waals surface area contributed by atoms with E-state index in [-0.39, 0.29) is 5.91 Å². The van der Waals surface area contributed by atoms with Crippen LogP contribution in [-0.4, -0.2) is 20.7 Å². The number of nitrogens with one attached hydrogen (secondary N) is 1. The minimum Gasteiger partial charge on any atom is -0.323 e. The largest absolute Gasteiger partial charge is 0.323 e. The van der Waals surface area contributed by atoms with Gasteiger partial charge in [-0.05, 0) is 36.2 Å². The molecule has 0 spiro atoms. The van der Waals surface area contributed by atoms with Crippen molar-refractivity contribution in [1.29, 1.82) is 0 Å². The molecule has 5 nitrogen and oxygen atoms in total. The molecular formula is C23H20N4O. The first-order valence-electron chi connectivity index (χ1n) is 9.08. The van der Waals surface area contributed by atoms with E-state index in [1.165, 1.54) is 0 Å². The molecule has 0 aliphatic carbocycles. The first-order chi connectivity index (χ1) is 13.7. The first kappa shape index (κ1) is 17.7.